The molecule has 0 unspecified atom stereocenters. The molecule has 11 rings (SSSR count). The molecule has 8 aromatic rings. The molecular formula is C64H58BN. The van der Waals surface area contributed by atoms with Crippen LogP contribution in [0.1, 0.15) is 91.0 Å². The summed E-state index contributed by atoms with van der Waals surface area (Å²) in [5.41, 5.74) is 24.2. The van der Waals surface area contributed by atoms with E-state index in [-0.39, 0.29) is 6.71 Å². The van der Waals surface area contributed by atoms with Gasteiger partial charge < -0.3 is 4.90 Å². The molecular weight excluding hydrogens is 794 g/mol. The van der Waals surface area contributed by atoms with Crippen LogP contribution < -0.4 is 21.3 Å². The highest BCUT2D eigenvalue weighted by molar-refractivity contribution is 6.96. The van der Waals surface area contributed by atoms with Crippen molar-refractivity contribution in [1.29, 1.82) is 0 Å². The molecule has 0 atom stereocenters. The Kier molecular flexibility index (Phi) is 11.7. The molecule has 3 aliphatic rings. The van der Waals surface area contributed by atoms with Crippen LogP contribution in [0.25, 0.3) is 39.0 Å². The lowest BCUT2D eigenvalue weighted by Crippen LogP contribution is -2.57. The van der Waals surface area contributed by atoms with Crippen molar-refractivity contribution >= 4 is 45.7 Å². The van der Waals surface area contributed by atoms with Crippen molar-refractivity contribution in [1.82, 2.24) is 0 Å². The fourth-order valence-electron chi connectivity index (χ4n) is 11.1. The van der Waals surface area contributed by atoms with E-state index in [0.717, 1.165) is 29.9 Å². The lowest BCUT2D eigenvalue weighted by atomic mass is 9.33. The number of benzene rings is 8. The van der Waals surface area contributed by atoms with Gasteiger partial charge in [-0.3, -0.25) is 0 Å². The minimum absolute atomic E-state index is 0.0639. The molecule has 0 aliphatic heterocycles. The fourth-order valence-corrected chi connectivity index (χ4v) is 11.1. The molecule has 66 heavy (non-hydrogen) atoms. The van der Waals surface area contributed by atoms with Crippen LogP contribution in [0.3, 0.4) is 0 Å². The van der Waals surface area contributed by atoms with E-state index >= 15 is 0 Å². The van der Waals surface area contributed by atoms with Gasteiger partial charge in [-0.2, -0.15) is 0 Å². The van der Waals surface area contributed by atoms with Crippen LogP contribution in [0, 0.1) is 13.8 Å². The van der Waals surface area contributed by atoms with Crippen LogP contribution in [0.15, 0.2) is 206 Å². The topological polar surface area (TPSA) is 3.24 Å². The van der Waals surface area contributed by atoms with Crippen LogP contribution in [-0.4, -0.2) is 6.71 Å². The highest BCUT2D eigenvalue weighted by Crippen LogP contribution is 2.41. The van der Waals surface area contributed by atoms with Crippen LogP contribution in [0.2, 0.25) is 0 Å². The quantitative estimate of drug-likeness (QED) is 0.111. The smallest absolute Gasteiger partial charge is 0.242 e. The predicted molar refractivity (Wildman–Crippen MR) is 284 cm³/mol. The van der Waals surface area contributed by atoms with E-state index in [4.69, 9.17) is 0 Å². The molecule has 0 N–H and O–H groups in total. The second-order valence-electron chi connectivity index (χ2n) is 18.9. The van der Waals surface area contributed by atoms with Crippen molar-refractivity contribution in [2.75, 3.05) is 4.90 Å². The van der Waals surface area contributed by atoms with Gasteiger partial charge in [0.15, 0.2) is 0 Å². The summed E-state index contributed by atoms with van der Waals surface area (Å²) in [4.78, 5) is 2.35. The second-order valence-corrected chi connectivity index (χ2v) is 18.9. The molecule has 8 aromatic carbocycles. The van der Waals surface area contributed by atoms with E-state index in [1.165, 1.54) is 116 Å². The molecule has 1 nitrogen and oxygen atoms in total. The van der Waals surface area contributed by atoms with E-state index in [1.54, 1.807) is 5.56 Å². The maximum absolute atomic E-state index is 2.60. The average molecular weight is 852 g/mol. The van der Waals surface area contributed by atoms with E-state index in [0.29, 0.717) is 11.8 Å². The third kappa shape index (κ3) is 8.09. The summed E-state index contributed by atoms with van der Waals surface area (Å²) in [5, 5.41) is 0. The molecule has 0 bridgehead atoms. The fraction of sp³-hybridized carbons (Fsp3) is 0.188. The number of anilines is 3. The van der Waals surface area contributed by atoms with Crippen molar-refractivity contribution in [3.05, 3.63) is 234 Å². The molecule has 0 heterocycles. The predicted octanol–water partition coefficient (Wildman–Crippen LogP) is 15.6. The zero-order chi connectivity index (χ0) is 44.4. The summed E-state index contributed by atoms with van der Waals surface area (Å²) in [6, 6.07) is 70.5. The number of rotatable bonds is 12. The van der Waals surface area contributed by atoms with Gasteiger partial charge in [-0.05, 0) is 173 Å². The van der Waals surface area contributed by atoms with Crippen LogP contribution in [-0.2, 0) is 0 Å². The summed E-state index contributed by atoms with van der Waals surface area (Å²) in [7, 11) is 0. The Morgan fingerprint density at radius 2 is 0.879 bits per heavy atom. The number of hydrogen-bond donors (Lipinski definition) is 0. The summed E-state index contributed by atoms with van der Waals surface area (Å²) in [5.74, 6) is 1.10. The first-order chi connectivity index (χ1) is 32.6. The Labute approximate surface area is 393 Å². The molecule has 0 saturated heterocycles. The first-order valence-electron chi connectivity index (χ1n) is 24.5. The molecule has 3 aliphatic carbocycles. The summed E-state index contributed by atoms with van der Waals surface area (Å²) in [6.45, 7) is 4.89. The monoisotopic (exact) mass is 851 g/mol. The number of allylic oxidation sites excluding steroid dienone is 4. The molecule has 2 fully saturated rings. The van der Waals surface area contributed by atoms with Gasteiger partial charge in [-0.25, -0.2) is 0 Å². The van der Waals surface area contributed by atoms with E-state index in [2.05, 4.69) is 225 Å². The summed E-state index contributed by atoms with van der Waals surface area (Å²) in [6.07, 6.45) is 17.0. The Morgan fingerprint density at radius 1 is 0.424 bits per heavy atom. The Bertz CT molecular complexity index is 2930. The standard InChI is InChI=1S/C64H58BN/c1-45-58(49-22-10-4-11-23-49)44-59(50-24-12-5-13-25-50)46(2)64(45)65(62-40-36-53(47-20-8-3-9-21-47)42-60(62)51-26-18-27-51)63-41-37-54(43-61(63)52-28-19-29-52)48-34-38-57(39-35-48)66(55-30-14-6-15-31-55)56-32-16-7-17-33-56/h4-8,10-17,20-25,30-44,51-52H,3,9,18-19,26-29H2,1-2H3. The number of nitrogens with zero attached hydrogens (tertiary/aromatic N) is 1. The van der Waals surface area contributed by atoms with Gasteiger partial charge >= 0.3 is 0 Å². The second kappa shape index (κ2) is 18.5. The van der Waals surface area contributed by atoms with E-state index in [9.17, 15) is 0 Å². The highest BCUT2D eigenvalue weighted by atomic mass is 15.1. The third-order valence-corrected chi connectivity index (χ3v) is 15.1. The van der Waals surface area contributed by atoms with Crippen molar-refractivity contribution in [3.8, 4) is 33.4 Å². The lowest BCUT2D eigenvalue weighted by molar-refractivity contribution is 0.421. The van der Waals surface area contributed by atoms with Crippen LogP contribution in [0.5, 0.6) is 0 Å². The Balaban J connectivity index is 1.11. The van der Waals surface area contributed by atoms with Gasteiger partial charge in [0, 0.05) is 17.1 Å². The van der Waals surface area contributed by atoms with Gasteiger partial charge in [0.2, 0.25) is 6.71 Å². The SMILES string of the molecule is Cc1c(-c2ccccc2)cc(-c2ccccc2)c(C)c1B(c1ccc(C2=CCCC=C2)cc1C1CCC1)c1ccc(-c2ccc(N(c3ccccc3)c3ccccc3)cc2)cc1C1CCC1. The van der Waals surface area contributed by atoms with Gasteiger partial charge in [0.25, 0.3) is 0 Å². The Hall–Kier alpha value is -6.90. The first-order valence-corrected chi connectivity index (χ1v) is 24.5. The zero-order valence-corrected chi connectivity index (χ0v) is 38.5. The van der Waals surface area contributed by atoms with Gasteiger partial charge in [-0.1, -0.05) is 193 Å². The number of hydrogen-bond acceptors (Lipinski definition) is 1. The van der Waals surface area contributed by atoms with Gasteiger partial charge in [0.05, 0.1) is 0 Å². The third-order valence-electron chi connectivity index (χ3n) is 15.1. The summed E-state index contributed by atoms with van der Waals surface area (Å²) >= 11 is 0. The normalized spacial score (nSPS) is 14.8. The van der Waals surface area contributed by atoms with Crippen molar-refractivity contribution < 1.29 is 0 Å². The van der Waals surface area contributed by atoms with E-state index < -0.39 is 0 Å². The maximum Gasteiger partial charge on any atom is 0.242 e. The summed E-state index contributed by atoms with van der Waals surface area (Å²) < 4.78 is 0. The number of para-hydroxylation sites is 2. The van der Waals surface area contributed by atoms with E-state index in [1.807, 2.05) is 0 Å². The molecule has 2 heteroatoms. The molecule has 2 saturated carbocycles. The average Bonchev–Trinajstić information content (AvgIpc) is 3.34. The first kappa shape index (κ1) is 41.8. The van der Waals surface area contributed by atoms with Crippen molar-refractivity contribution in [2.24, 2.45) is 0 Å². The van der Waals surface area contributed by atoms with Crippen LogP contribution in [0.4, 0.5) is 17.1 Å². The lowest BCUT2D eigenvalue weighted by Gasteiger charge is -2.35. The maximum atomic E-state index is 2.60. The highest BCUT2D eigenvalue weighted by Gasteiger charge is 2.36. The zero-order valence-electron chi connectivity index (χ0n) is 38.5. The van der Waals surface area contributed by atoms with Gasteiger partial charge in [-0.15, -0.1) is 0 Å². The van der Waals surface area contributed by atoms with Crippen molar-refractivity contribution in [3.63, 3.8) is 0 Å². The minimum Gasteiger partial charge on any atom is -0.311 e. The molecule has 0 amide bonds. The molecule has 0 radical (unpaired) electrons. The molecule has 0 spiro atoms. The molecule has 0 aromatic heterocycles. The van der Waals surface area contributed by atoms with Gasteiger partial charge in [0.1, 0.15) is 0 Å². The van der Waals surface area contributed by atoms with Crippen LogP contribution >= 0.6 is 0 Å². The minimum atomic E-state index is 0.0639. The largest absolute Gasteiger partial charge is 0.311 e. The Morgan fingerprint density at radius 3 is 1.35 bits per heavy atom. The molecule has 322 valence electrons. The van der Waals surface area contributed by atoms with Crippen molar-refractivity contribution in [2.45, 2.75) is 77.0 Å².